The van der Waals surface area contributed by atoms with Crippen molar-refractivity contribution >= 4 is 11.6 Å². The zero-order valence-electron chi connectivity index (χ0n) is 10.3. The molecule has 1 atom stereocenters. The SMILES string of the molecule is COCC(C)N1N=C(c2ccnn2C)CC1=O. The van der Waals surface area contributed by atoms with Gasteiger partial charge < -0.3 is 4.74 Å². The molecule has 0 aromatic carbocycles. The zero-order chi connectivity index (χ0) is 12.4. The first kappa shape index (κ1) is 11.8. The van der Waals surface area contributed by atoms with E-state index in [1.54, 1.807) is 18.0 Å². The highest BCUT2D eigenvalue weighted by Gasteiger charge is 2.29. The van der Waals surface area contributed by atoms with E-state index in [2.05, 4.69) is 10.2 Å². The highest BCUT2D eigenvalue weighted by molar-refractivity contribution is 6.12. The average molecular weight is 236 g/mol. The molecule has 17 heavy (non-hydrogen) atoms. The van der Waals surface area contributed by atoms with Crippen LogP contribution in [0.1, 0.15) is 19.0 Å². The van der Waals surface area contributed by atoms with Crippen molar-refractivity contribution in [2.75, 3.05) is 13.7 Å². The number of rotatable bonds is 4. The van der Waals surface area contributed by atoms with E-state index in [1.165, 1.54) is 5.01 Å². The van der Waals surface area contributed by atoms with Crippen LogP contribution in [0.15, 0.2) is 17.4 Å². The normalized spacial score (nSPS) is 17.5. The van der Waals surface area contributed by atoms with Crippen molar-refractivity contribution in [1.82, 2.24) is 14.8 Å². The van der Waals surface area contributed by atoms with Crippen LogP contribution in [0.3, 0.4) is 0 Å². The number of carbonyl (C=O) groups is 1. The summed E-state index contributed by atoms with van der Waals surface area (Å²) in [5, 5.41) is 9.92. The van der Waals surface area contributed by atoms with Crippen LogP contribution in [0.4, 0.5) is 0 Å². The fraction of sp³-hybridized carbons (Fsp3) is 0.545. The van der Waals surface area contributed by atoms with Crippen molar-refractivity contribution in [1.29, 1.82) is 0 Å². The van der Waals surface area contributed by atoms with Crippen molar-refractivity contribution in [2.24, 2.45) is 12.1 Å². The molecule has 0 radical (unpaired) electrons. The fourth-order valence-corrected chi connectivity index (χ4v) is 1.90. The van der Waals surface area contributed by atoms with E-state index in [1.807, 2.05) is 20.0 Å². The van der Waals surface area contributed by atoms with Gasteiger partial charge in [0.2, 0.25) is 5.91 Å². The van der Waals surface area contributed by atoms with Crippen LogP contribution in [0.5, 0.6) is 0 Å². The molecule has 92 valence electrons. The van der Waals surface area contributed by atoms with Gasteiger partial charge in [-0.2, -0.15) is 10.2 Å². The molecule has 6 heteroatoms. The van der Waals surface area contributed by atoms with E-state index in [-0.39, 0.29) is 11.9 Å². The van der Waals surface area contributed by atoms with Gasteiger partial charge in [0.25, 0.3) is 0 Å². The molecule has 0 bridgehead atoms. The van der Waals surface area contributed by atoms with E-state index < -0.39 is 0 Å². The summed E-state index contributed by atoms with van der Waals surface area (Å²) >= 11 is 0. The van der Waals surface area contributed by atoms with Crippen LogP contribution in [0.2, 0.25) is 0 Å². The minimum Gasteiger partial charge on any atom is -0.382 e. The molecule has 1 aliphatic rings. The second-order valence-corrected chi connectivity index (χ2v) is 4.11. The number of methoxy groups -OCH3 is 1. The third-order valence-electron chi connectivity index (χ3n) is 2.74. The predicted molar refractivity (Wildman–Crippen MR) is 62.5 cm³/mol. The Labute approximate surface area is 99.9 Å². The molecule has 0 spiro atoms. The summed E-state index contributed by atoms with van der Waals surface area (Å²) in [4.78, 5) is 11.8. The highest BCUT2D eigenvalue weighted by atomic mass is 16.5. The third-order valence-corrected chi connectivity index (χ3v) is 2.74. The van der Waals surface area contributed by atoms with Crippen LogP contribution >= 0.6 is 0 Å². The number of nitrogens with zero attached hydrogens (tertiary/aromatic N) is 4. The van der Waals surface area contributed by atoms with Gasteiger partial charge in [0, 0.05) is 20.4 Å². The Morgan fingerprint density at radius 2 is 2.35 bits per heavy atom. The van der Waals surface area contributed by atoms with Gasteiger partial charge in [-0.05, 0) is 13.0 Å². The Kier molecular flexibility index (Phi) is 3.23. The smallest absolute Gasteiger partial charge is 0.249 e. The Morgan fingerprint density at radius 1 is 1.59 bits per heavy atom. The average Bonchev–Trinajstić information content (AvgIpc) is 2.84. The first-order valence-electron chi connectivity index (χ1n) is 5.50. The quantitative estimate of drug-likeness (QED) is 0.760. The van der Waals surface area contributed by atoms with E-state index in [9.17, 15) is 4.79 Å². The van der Waals surface area contributed by atoms with Crippen molar-refractivity contribution in [3.05, 3.63) is 18.0 Å². The van der Waals surface area contributed by atoms with Gasteiger partial charge in [0.1, 0.15) is 0 Å². The lowest BCUT2D eigenvalue weighted by molar-refractivity contribution is -0.131. The van der Waals surface area contributed by atoms with Crippen LogP contribution in [-0.2, 0) is 16.6 Å². The number of ether oxygens (including phenoxy) is 1. The molecule has 0 saturated carbocycles. The van der Waals surface area contributed by atoms with Crippen molar-refractivity contribution < 1.29 is 9.53 Å². The fourth-order valence-electron chi connectivity index (χ4n) is 1.90. The molecule has 1 aromatic heterocycles. The van der Waals surface area contributed by atoms with Crippen molar-refractivity contribution in [3.63, 3.8) is 0 Å². The van der Waals surface area contributed by atoms with Crippen LogP contribution in [-0.4, -0.2) is 46.2 Å². The summed E-state index contributed by atoms with van der Waals surface area (Å²) in [5.41, 5.74) is 1.64. The third kappa shape index (κ3) is 2.21. The zero-order valence-corrected chi connectivity index (χ0v) is 10.3. The van der Waals surface area contributed by atoms with Gasteiger partial charge in [-0.3, -0.25) is 9.48 Å². The number of aromatic nitrogens is 2. The Morgan fingerprint density at radius 3 is 2.94 bits per heavy atom. The molecule has 1 aliphatic heterocycles. The van der Waals surface area contributed by atoms with Crippen molar-refractivity contribution in [3.8, 4) is 0 Å². The molecule has 1 amide bonds. The number of carbonyl (C=O) groups excluding carboxylic acids is 1. The molecule has 0 fully saturated rings. The van der Waals surface area contributed by atoms with Crippen LogP contribution in [0.25, 0.3) is 0 Å². The lowest BCUT2D eigenvalue weighted by atomic mass is 10.2. The van der Waals surface area contributed by atoms with Crippen molar-refractivity contribution in [2.45, 2.75) is 19.4 Å². The maximum atomic E-state index is 11.8. The van der Waals surface area contributed by atoms with E-state index in [0.717, 1.165) is 11.4 Å². The lowest BCUT2D eigenvalue weighted by Crippen LogP contribution is -2.33. The number of amides is 1. The highest BCUT2D eigenvalue weighted by Crippen LogP contribution is 2.17. The number of hydrogen-bond acceptors (Lipinski definition) is 4. The van der Waals surface area contributed by atoms with Gasteiger partial charge in [-0.1, -0.05) is 0 Å². The first-order chi connectivity index (χ1) is 8.13. The van der Waals surface area contributed by atoms with Crippen LogP contribution < -0.4 is 0 Å². The first-order valence-corrected chi connectivity index (χ1v) is 5.50. The molecule has 2 heterocycles. The number of hydrogen-bond donors (Lipinski definition) is 0. The Bertz CT molecular complexity index is 452. The second kappa shape index (κ2) is 4.67. The molecule has 0 saturated heterocycles. The molecule has 0 N–H and O–H groups in total. The lowest BCUT2D eigenvalue weighted by Gasteiger charge is -2.19. The van der Waals surface area contributed by atoms with Gasteiger partial charge in [-0.25, -0.2) is 5.01 Å². The van der Waals surface area contributed by atoms with Gasteiger partial charge in [-0.15, -0.1) is 0 Å². The Hall–Kier alpha value is -1.69. The number of aryl methyl sites for hydroxylation is 1. The molecule has 0 aliphatic carbocycles. The molecule has 1 unspecified atom stereocenters. The summed E-state index contributed by atoms with van der Waals surface area (Å²) in [6.45, 7) is 2.39. The second-order valence-electron chi connectivity index (χ2n) is 4.11. The standard InChI is InChI=1S/C11H16N4O2/c1-8(7-17-3)15-11(16)6-9(13-15)10-4-5-12-14(10)2/h4-5,8H,6-7H2,1-3H3. The maximum absolute atomic E-state index is 11.8. The summed E-state index contributed by atoms with van der Waals surface area (Å²) in [6.07, 6.45) is 2.02. The molecular formula is C11H16N4O2. The summed E-state index contributed by atoms with van der Waals surface area (Å²) in [7, 11) is 3.45. The topological polar surface area (TPSA) is 59.7 Å². The predicted octanol–water partition coefficient (Wildman–Crippen LogP) is 0.391. The minimum absolute atomic E-state index is 0.00532. The molecule has 2 rings (SSSR count). The van der Waals surface area contributed by atoms with Gasteiger partial charge in [0.05, 0.1) is 30.5 Å². The van der Waals surface area contributed by atoms with E-state index in [4.69, 9.17) is 4.74 Å². The largest absolute Gasteiger partial charge is 0.382 e. The molecule has 6 nitrogen and oxygen atoms in total. The summed E-state index contributed by atoms with van der Waals surface area (Å²) in [6, 6.07) is 1.81. The van der Waals surface area contributed by atoms with Crippen LogP contribution in [0, 0.1) is 0 Å². The van der Waals surface area contributed by atoms with Gasteiger partial charge >= 0.3 is 0 Å². The Balaban J connectivity index is 2.20. The molecule has 1 aromatic rings. The minimum atomic E-state index is -0.0433. The number of hydrazone groups is 1. The van der Waals surface area contributed by atoms with E-state index >= 15 is 0 Å². The summed E-state index contributed by atoms with van der Waals surface area (Å²) in [5.74, 6) is 0.00532. The van der Waals surface area contributed by atoms with E-state index in [0.29, 0.717) is 13.0 Å². The van der Waals surface area contributed by atoms with Gasteiger partial charge in [0.15, 0.2) is 0 Å². The monoisotopic (exact) mass is 236 g/mol. The maximum Gasteiger partial charge on any atom is 0.249 e. The summed E-state index contributed by atoms with van der Waals surface area (Å²) < 4.78 is 6.75. The molecular weight excluding hydrogens is 220 g/mol.